The minimum atomic E-state index is -1.44. The highest BCUT2D eigenvalue weighted by Gasteiger charge is 2.53. The Hall–Kier alpha value is -3.20. The Morgan fingerprint density at radius 1 is 1.06 bits per heavy atom. The molecule has 3 N–H and O–H groups in total. The Kier molecular flexibility index (Phi) is 7.62. The van der Waals surface area contributed by atoms with Crippen molar-refractivity contribution in [3.05, 3.63) is 100 Å². The number of aliphatic hydroxyl groups excluding tert-OH is 1. The fraction of sp³-hybridized carbons (Fsp3) is 0.231. The van der Waals surface area contributed by atoms with Gasteiger partial charge in [-0.15, -0.1) is 0 Å². The second-order valence-corrected chi connectivity index (χ2v) is 8.76. The molecule has 1 aliphatic rings. The predicted molar refractivity (Wildman–Crippen MR) is 131 cm³/mol. The standard InChI is InChI=1S/C26H25BrN2O5/c27-22-10-5-4-9-20(22)17-26(25(31)29-32)23(18-7-2-1-3-8-18)34-24(28-26)19-11-13-21(14-12-19)33-16-6-15-30/h1-5,7-14,23,30,32H,6,15-17H2,(H,29,31)/t23-,26-/m0/s1. The average molecular weight is 525 g/mol. The quantitative estimate of drug-likeness (QED) is 0.221. The fourth-order valence-electron chi connectivity index (χ4n) is 3.94. The predicted octanol–water partition coefficient (Wildman–Crippen LogP) is 4.22. The molecule has 3 aromatic carbocycles. The van der Waals surface area contributed by atoms with Gasteiger partial charge in [0.05, 0.1) is 6.61 Å². The smallest absolute Gasteiger partial charge is 0.275 e. The number of hydrogen-bond donors (Lipinski definition) is 3. The molecule has 0 aromatic heterocycles. The molecule has 2 atom stereocenters. The van der Waals surface area contributed by atoms with E-state index in [1.54, 1.807) is 24.3 Å². The summed E-state index contributed by atoms with van der Waals surface area (Å²) >= 11 is 3.56. The van der Waals surface area contributed by atoms with E-state index in [2.05, 4.69) is 15.9 Å². The first-order valence-electron chi connectivity index (χ1n) is 10.9. The van der Waals surface area contributed by atoms with E-state index in [-0.39, 0.29) is 13.0 Å². The summed E-state index contributed by atoms with van der Waals surface area (Å²) in [5.74, 6) is 0.297. The lowest BCUT2D eigenvalue weighted by Gasteiger charge is -2.30. The molecule has 1 aliphatic heterocycles. The van der Waals surface area contributed by atoms with Crippen LogP contribution in [0, 0.1) is 0 Å². The average Bonchev–Trinajstić information content (AvgIpc) is 3.26. The van der Waals surface area contributed by atoms with E-state index in [0.717, 1.165) is 15.6 Å². The molecule has 0 spiro atoms. The molecule has 176 valence electrons. The Labute approximate surface area is 206 Å². The van der Waals surface area contributed by atoms with E-state index in [0.29, 0.717) is 30.2 Å². The third-order valence-electron chi connectivity index (χ3n) is 5.65. The Morgan fingerprint density at radius 2 is 1.76 bits per heavy atom. The van der Waals surface area contributed by atoms with Gasteiger partial charge in [0.1, 0.15) is 5.75 Å². The van der Waals surface area contributed by atoms with E-state index < -0.39 is 17.6 Å². The SMILES string of the molecule is O=C(NO)[C@@]1(Cc2ccccc2Br)N=C(c2ccc(OCCCO)cc2)O[C@H]1c1ccccc1. The van der Waals surface area contributed by atoms with Crippen molar-refractivity contribution >= 4 is 27.7 Å². The van der Waals surface area contributed by atoms with Crippen molar-refractivity contribution in [2.45, 2.75) is 24.5 Å². The molecule has 34 heavy (non-hydrogen) atoms. The highest BCUT2D eigenvalue weighted by atomic mass is 79.9. The van der Waals surface area contributed by atoms with Crippen LogP contribution in [-0.2, 0) is 16.0 Å². The Bertz CT molecular complexity index is 1150. The van der Waals surface area contributed by atoms with E-state index in [1.165, 1.54) is 0 Å². The maximum absolute atomic E-state index is 13.2. The summed E-state index contributed by atoms with van der Waals surface area (Å²) in [6, 6.07) is 24.2. The molecule has 0 fully saturated rings. The third-order valence-corrected chi connectivity index (χ3v) is 6.43. The number of nitrogens with one attached hydrogen (secondary N) is 1. The molecule has 0 aliphatic carbocycles. The number of hydroxylamine groups is 1. The van der Waals surface area contributed by atoms with Gasteiger partial charge in [-0.25, -0.2) is 10.5 Å². The zero-order chi connectivity index (χ0) is 24.0. The van der Waals surface area contributed by atoms with Crippen LogP contribution < -0.4 is 10.2 Å². The molecular weight excluding hydrogens is 500 g/mol. The highest BCUT2D eigenvalue weighted by molar-refractivity contribution is 9.10. The summed E-state index contributed by atoms with van der Waals surface area (Å²) in [6.07, 6.45) is -0.0143. The van der Waals surface area contributed by atoms with Gasteiger partial charge in [-0.2, -0.15) is 0 Å². The highest BCUT2D eigenvalue weighted by Crippen LogP contribution is 2.43. The van der Waals surface area contributed by atoms with Crippen molar-refractivity contribution in [1.82, 2.24) is 5.48 Å². The minimum Gasteiger partial charge on any atom is -0.494 e. The first kappa shape index (κ1) is 23.9. The lowest BCUT2D eigenvalue weighted by atomic mass is 9.82. The molecule has 7 nitrogen and oxygen atoms in total. The maximum atomic E-state index is 13.2. The third kappa shape index (κ3) is 4.99. The van der Waals surface area contributed by atoms with Crippen LogP contribution in [0.5, 0.6) is 5.75 Å². The second kappa shape index (κ2) is 10.8. The zero-order valence-electron chi connectivity index (χ0n) is 18.4. The normalized spacial score (nSPS) is 19.3. The van der Waals surface area contributed by atoms with Crippen LogP contribution in [0.15, 0.2) is 88.3 Å². The number of aliphatic hydroxyl groups is 1. The molecule has 1 heterocycles. The molecular formula is C26H25BrN2O5. The van der Waals surface area contributed by atoms with E-state index >= 15 is 0 Å². The first-order chi connectivity index (χ1) is 16.6. The Morgan fingerprint density at radius 3 is 2.44 bits per heavy atom. The topological polar surface area (TPSA) is 100 Å². The molecule has 0 saturated carbocycles. The summed E-state index contributed by atoms with van der Waals surface area (Å²) in [6.45, 7) is 0.477. The summed E-state index contributed by atoms with van der Waals surface area (Å²) in [5, 5.41) is 18.6. The molecule has 0 saturated heterocycles. The molecule has 0 unspecified atom stereocenters. The van der Waals surface area contributed by atoms with Gasteiger partial charge in [-0.1, -0.05) is 64.5 Å². The number of hydrogen-bond acceptors (Lipinski definition) is 6. The van der Waals surface area contributed by atoms with Crippen molar-refractivity contribution in [1.29, 1.82) is 0 Å². The van der Waals surface area contributed by atoms with Gasteiger partial charge in [0.15, 0.2) is 11.6 Å². The summed E-state index contributed by atoms with van der Waals surface area (Å²) in [4.78, 5) is 18.0. The lowest BCUT2D eigenvalue weighted by molar-refractivity contribution is -0.137. The van der Waals surface area contributed by atoms with Crippen LogP contribution in [-0.4, -0.2) is 40.9 Å². The van der Waals surface area contributed by atoms with Gasteiger partial charge in [-0.3, -0.25) is 10.0 Å². The zero-order valence-corrected chi connectivity index (χ0v) is 19.9. The van der Waals surface area contributed by atoms with Crippen LogP contribution in [0.1, 0.15) is 29.2 Å². The van der Waals surface area contributed by atoms with Gasteiger partial charge in [0, 0.05) is 29.5 Å². The van der Waals surface area contributed by atoms with E-state index in [1.807, 2.05) is 60.1 Å². The van der Waals surface area contributed by atoms with Gasteiger partial charge in [0.2, 0.25) is 5.90 Å². The number of ether oxygens (including phenoxy) is 2. The minimum absolute atomic E-state index is 0.0656. The summed E-state index contributed by atoms with van der Waals surface area (Å²) in [5.41, 5.74) is 2.67. The van der Waals surface area contributed by atoms with Gasteiger partial charge >= 0.3 is 0 Å². The number of halogens is 1. The summed E-state index contributed by atoms with van der Waals surface area (Å²) in [7, 11) is 0. The van der Waals surface area contributed by atoms with Gasteiger partial charge in [0.25, 0.3) is 5.91 Å². The number of aliphatic imine (C=N–C) groups is 1. The van der Waals surface area contributed by atoms with Crippen LogP contribution in [0.25, 0.3) is 0 Å². The molecule has 0 radical (unpaired) electrons. The number of rotatable bonds is 9. The number of nitrogens with zero attached hydrogens (tertiary/aromatic N) is 1. The van der Waals surface area contributed by atoms with E-state index in [9.17, 15) is 10.0 Å². The fourth-order valence-corrected chi connectivity index (χ4v) is 4.36. The Balaban J connectivity index is 1.75. The van der Waals surface area contributed by atoms with Crippen molar-refractivity contribution in [3.63, 3.8) is 0 Å². The lowest BCUT2D eigenvalue weighted by Crippen LogP contribution is -2.49. The van der Waals surface area contributed by atoms with Crippen molar-refractivity contribution < 1.29 is 24.6 Å². The summed E-state index contributed by atoms with van der Waals surface area (Å²) < 4.78 is 12.7. The van der Waals surface area contributed by atoms with Gasteiger partial charge in [-0.05, 0) is 41.5 Å². The molecule has 8 heteroatoms. The molecule has 3 aromatic rings. The molecule has 4 rings (SSSR count). The van der Waals surface area contributed by atoms with Crippen LogP contribution >= 0.6 is 15.9 Å². The van der Waals surface area contributed by atoms with Gasteiger partial charge < -0.3 is 14.6 Å². The number of benzene rings is 3. The van der Waals surface area contributed by atoms with Crippen LogP contribution in [0.4, 0.5) is 0 Å². The number of amides is 1. The largest absolute Gasteiger partial charge is 0.494 e. The van der Waals surface area contributed by atoms with E-state index in [4.69, 9.17) is 19.6 Å². The first-order valence-corrected chi connectivity index (χ1v) is 11.7. The number of carbonyl (C=O) groups excluding carboxylic acids is 1. The second-order valence-electron chi connectivity index (χ2n) is 7.91. The maximum Gasteiger partial charge on any atom is 0.275 e. The molecule has 0 bridgehead atoms. The number of carbonyl (C=O) groups is 1. The molecule has 1 amide bonds. The van der Waals surface area contributed by atoms with Crippen molar-refractivity contribution in [2.24, 2.45) is 4.99 Å². The van der Waals surface area contributed by atoms with Crippen molar-refractivity contribution in [3.8, 4) is 5.75 Å². The van der Waals surface area contributed by atoms with Crippen LogP contribution in [0.3, 0.4) is 0 Å². The van der Waals surface area contributed by atoms with Crippen molar-refractivity contribution in [2.75, 3.05) is 13.2 Å². The monoisotopic (exact) mass is 524 g/mol. The van der Waals surface area contributed by atoms with Crippen LogP contribution in [0.2, 0.25) is 0 Å².